The minimum Gasteiger partial charge on any atom is -0.493 e. The SMILES string of the molecule is I.NC(=NCC1(c2ccc(F)cc2)CCC1)NC1CCOc2ccccc21. The predicted octanol–water partition coefficient (Wildman–Crippen LogP) is 4.29. The second kappa shape index (κ2) is 8.46. The number of hydrogen-bond donors (Lipinski definition) is 2. The van der Waals surface area contributed by atoms with Crippen molar-refractivity contribution in [2.75, 3.05) is 13.2 Å². The molecule has 1 aliphatic heterocycles. The number of para-hydroxylation sites is 1. The summed E-state index contributed by atoms with van der Waals surface area (Å²) in [5.74, 6) is 1.16. The lowest BCUT2D eigenvalue weighted by Gasteiger charge is -2.41. The number of halogens is 2. The summed E-state index contributed by atoms with van der Waals surface area (Å²) in [6, 6.07) is 14.9. The maximum atomic E-state index is 13.2. The molecule has 0 amide bonds. The number of aliphatic imine (C=N–C) groups is 1. The lowest BCUT2D eigenvalue weighted by molar-refractivity contribution is 0.252. The molecule has 1 atom stereocenters. The number of benzene rings is 2. The van der Waals surface area contributed by atoms with Crippen LogP contribution in [-0.2, 0) is 5.41 Å². The van der Waals surface area contributed by atoms with Crippen molar-refractivity contribution in [3.05, 3.63) is 65.5 Å². The number of rotatable bonds is 4. The highest BCUT2D eigenvalue weighted by molar-refractivity contribution is 14.0. The zero-order valence-electron chi connectivity index (χ0n) is 15.2. The van der Waals surface area contributed by atoms with Gasteiger partial charge in [0.05, 0.1) is 19.2 Å². The van der Waals surface area contributed by atoms with Crippen LogP contribution in [-0.4, -0.2) is 19.1 Å². The first kappa shape index (κ1) is 19.9. The summed E-state index contributed by atoms with van der Waals surface area (Å²) in [6.45, 7) is 1.30. The summed E-state index contributed by atoms with van der Waals surface area (Å²) in [4.78, 5) is 4.63. The molecule has 3 N–H and O–H groups in total. The van der Waals surface area contributed by atoms with E-state index in [1.54, 1.807) is 0 Å². The fourth-order valence-electron chi connectivity index (χ4n) is 3.90. The van der Waals surface area contributed by atoms with Crippen molar-refractivity contribution in [3.63, 3.8) is 0 Å². The number of nitrogens with two attached hydrogens (primary N) is 1. The maximum Gasteiger partial charge on any atom is 0.189 e. The quantitative estimate of drug-likeness (QED) is 0.389. The first-order valence-corrected chi connectivity index (χ1v) is 9.21. The van der Waals surface area contributed by atoms with Crippen LogP contribution < -0.4 is 15.8 Å². The van der Waals surface area contributed by atoms with Gasteiger partial charge in [0.15, 0.2) is 5.96 Å². The Balaban J connectivity index is 0.00000210. The van der Waals surface area contributed by atoms with Crippen molar-refractivity contribution >= 4 is 29.9 Å². The van der Waals surface area contributed by atoms with E-state index in [0.717, 1.165) is 36.1 Å². The molecule has 27 heavy (non-hydrogen) atoms. The fraction of sp³-hybridized carbons (Fsp3) is 0.381. The highest BCUT2D eigenvalue weighted by Crippen LogP contribution is 2.44. The van der Waals surface area contributed by atoms with Gasteiger partial charge in [0.2, 0.25) is 0 Å². The molecule has 1 fully saturated rings. The summed E-state index contributed by atoms with van der Waals surface area (Å²) in [7, 11) is 0. The molecule has 0 bridgehead atoms. The van der Waals surface area contributed by atoms with Crippen LogP contribution in [0.15, 0.2) is 53.5 Å². The van der Waals surface area contributed by atoms with Crippen molar-refractivity contribution in [2.24, 2.45) is 10.7 Å². The Kier molecular flexibility index (Phi) is 6.24. The van der Waals surface area contributed by atoms with E-state index in [4.69, 9.17) is 10.5 Å². The topological polar surface area (TPSA) is 59.6 Å². The molecule has 6 heteroatoms. The lowest BCUT2D eigenvalue weighted by atomic mass is 9.64. The van der Waals surface area contributed by atoms with Crippen molar-refractivity contribution in [2.45, 2.75) is 37.1 Å². The van der Waals surface area contributed by atoms with Crippen LogP contribution in [0.4, 0.5) is 4.39 Å². The van der Waals surface area contributed by atoms with E-state index in [-0.39, 0.29) is 41.3 Å². The molecule has 2 aliphatic rings. The molecule has 0 saturated heterocycles. The molecule has 144 valence electrons. The smallest absolute Gasteiger partial charge is 0.189 e. The van der Waals surface area contributed by atoms with E-state index in [9.17, 15) is 4.39 Å². The third-order valence-electron chi connectivity index (χ3n) is 5.60. The van der Waals surface area contributed by atoms with Gasteiger partial charge < -0.3 is 15.8 Å². The maximum absolute atomic E-state index is 13.2. The van der Waals surface area contributed by atoms with Crippen molar-refractivity contribution < 1.29 is 9.13 Å². The number of nitrogens with zero attached hydrogens (tertiary/aromatic N) is 1. The van der Waals surface area contributed by atoms with E-state index >= 15 is 0 Å². The normalized spacial score (nSPS) is 20.5. The van der Waals surface area contributed by atoms with E-state index in [2.05, 4.69) is 16.4 Å². The third-order valence-corrected chi connectivity index (χ3v) is 5.60. The second-order valence-corrected chi connectivity index (χ2v) is 7.21. The average molecular weight is 481 g/mol. The zero-order chi connectivity index (χ0) is 18.0. The summed E-state index contributed by atoms with van der Waals surface area (Å²) in [5, 5.41) is 3.34. The van der Waals surface area contributed by atoms with Crippen LogP contribution in [0.2, 0.25) is 0 Å². The minimum atomic E-state index is -0.203. The fourth-order valence-corrected chi connectivity index (χ4v) is 3.90. The molecule has 1 aliphatic carbocycles. The highest BCUT2D eigenvalue weighted by Gasteiger charge is 2.38. The van der Waals surface area contributed by atoms with Crippen LogP contribution in [0, 0.1) is 5.82 Å². The molecule has 1 saturated carbocycles. The minimum absolute atomic E-state index is 0. The van der Waals surface area contributed by atoms with Crippen LogP contribution >= 0.6 is 24.0 Å². The number of guanidine groups is 1. The molecule has 0 radical (unpaired) electrons. The first-order chi connectivity index (χ1) is 12.7. The van der Waals surface area contributed by atoms with Crippen LogP contribution in [0.3, 0.4) is 0 Å². The first-order valence-electron chi connectivity index (χ1n) is 9.21. The summed E-state index contributed by atoms with van der Waals surface area (Å²) in [6.07, 6.45) is 4.16. The Morgan fingerprint density at radius 1 is 1.19 bits per heavy atom. The molecule has 2 aromatic carbocycles. The van der Waals surface area contributed by atoms with Gasteiger partial charge in [0.1, 0.15) is 11.6 Å². The third kappa shape index (κ3) is 4.20. The monoisotopic (exact) mass is 481 g/mol. The molecule has 1 heterocycles. The standard InChI is InChI=1S/C21H24FN3O.HI/c22-16-8-6-15(7-9-16)21(11-3-12-21)14-24-20(23)25-18-10-13-26-19-5-2-1-4-17(18)19;/h1-2,4-9,18H,3,10-14H2,(H3,23,24,25);1H. The van der Waals surface area contributed by atoms with Crippen LogP contribution in [0.5, 0.6) is 5.75 Å². The Morgan fingerprint density at radius 2 is 1.93 bits per heavy atom. The van der Waals surface area contributed by atoms with Gasteiger partial charge in [-0.3, -0.25) is 4.99 Å². The van der Waals surface area contributed by atoms with Crippen LogP contribution in [0.1, 0.15) is 42.9 Å². The van der Waals surface area contributed by atoms with E-state index in [1.807, 2.05) is 30.3 Å². The molecule has 0 spiro atoms. The number of nitrogens with one attached hydrogen (secondary N) is 1. The van der Waals surface area contributed by atoms with Gasteiger partial charge in [-0.05, 0) is 36.6 Å². The van der Waals surface area contributed by atoms with Crippen molar-refractivity contribution in [1.82, 2.24) is 5.32 Å². The van der Waals surface area contributed by atoms with Gasteiger partial charge in [0.25, 0.3) is 0 Å². The van der Waals surface area contributed by atoms with Crippen LogP contribution in [0.25, 0.3) is 0 Å². The van der Waals surface area contributed by atoms with Gasteiger partial charge in [-0.2, -0.15) is 0 Å². The molecular formula is C21H25FIN3O. The molecule has 0 aromatic heterocycles. The number of hydrogen-bond acceptors (Lipinski definition) is 2. The number of fused-ring (bicyclic) bond motifs is 1. The van der Waals surface area contributed by atoms with Gasteiger partial charge >= 0.3 is 0 Å². The van der Waals surface area contributed by atoms with Gasteiger partial charge in [-0.1, -0.05) is 36.8 Å². The van der Waals surface area contributed by atoms with E-state index in [0.29, 0.717) is 19.1 Å². The molecular weight excluding hydrogens is 456 g/mol. The van der Waals surface area contributed by atoms with Gasteiger partial charge in [0, 0.05) is 17.4 Å². The summed E-state index contributed by atoms with van der Waals surface area (Å²) in [5.41, 5.74) is 8.45. The van der Waals surface area contributed by atoms with Gasteiger partial charge in [-0.15, -0.1) is 24.0 Å². The van der Waals surface area contributed by atoms with Crippen molar-refractivity contribution in [1.29, 1.82) is 0 Å². The largest absolute Gasteiger partial charge is 0.493 e. The molecule has 2 aromatic rings. The zero-order valence-corrected chi connectivity index (χ0v) is 17.5. The highest BCUT2D eigenvalue weighted by atomic mass is 127. The van der Waals surface area contributed by atoms with E-state index < -0.39 is 0 Å². The lowest BCUT2D eigenvalue weighted by Crippen LogP contribution is -2.41. The van der Waals surface area contributed by atoms with E-state index in [1.165, 1.54) is 18.6 Å². The average Bonchev–Trinajstić information content (AvgIpc) is 2.62. The van der Waals surface area contributed by atoms with Crippen molar-refractivity contribution in [3.8, 4) is 5.75 Å². The Hall–Kier alpha value is -1.83. The second-order valence-electron chi connectivity index (χ2n) is 7.21. The Bertz CT molecular complexity index is 805. The Labute approximate surface area is 176 Å². The molecule has 4 rings (SSSR count). The summed E-state index contributed by atoms with van der Waals surface area (Å²) >= 11 is 0. The summed E-state index contributed by atoms with van der Waals surface area (Å²) < 4.78 is 18.9. The molecule has 4 nitrogen and oxygen atoms in total. The Morgan fingerprint density at radius 3 is 2.63 bits per heavy atom. The predicted molar refractivity (Wildman–Crippen MR) is 116 cm³/mol. The van der Waals surface area contributed by atoms with Gasteiger partial charge in [-0.25, -0.2) is 4.39 Å². The number of ether oxygens (including phenoxy) is 1. The molecule has 1 unspecified atom stereocenters.